The van der Waals surface area contributed by atoms with Crippen molar-refractivity contribution in [2.75, 3.05) is 11.9 Å². The third-order valence-electron chi connectivity index (χ3n) is 5.43. The van der Waals surface area contributed by atoms with Crippen LogP contribution < -0.4 is 0 Å². The maximum Gasteiger partial charge on any atom is 0.0605 e. The van der Waals surface area contributed by atoms with E-state index in [1.807, 2.05) is 0 Å². The average molecular weight is 343 g/mol. The summed E-state index contributed by atoms with van der Waals surface area (Å²) in [5, 5.41) is 21.2. The molecular weight excluding hydrogens is 316 g/mol. The van der Waals surface area contributed by atoms with Crippen molar-refractivity contribution in [1.29, 1.82) is 0 Å². The molecule has 0 heterocycles. The Morgan fingerprint density at radius 3 is 2.75 bits per heavy atom. The number of fused-ring (bicyclic) bond motifs is 1. The van der Waals surface area contributed by atoms with Crippen LogP contribution in [0.2, 0.25) is 0 Å². The molecule has 2 rings (SSSR count). The molecule has 0 aliphatic heterocycles. The van der Waals surface area contributed by atoms with Gasteiger partial charge in [0, 0.05) is 23.8 Å². The van der Waals surface area contributed by atoms with Crippen molar-refractivity contribution in [2.45, 2.75) is 39.7 Å². The fourth-order valence-electron chi connectivity index (χ4n) is 4.52. The van der Waals surface area contributed by atoms with Gasteiger partial charge >= 0.3 is 0 Å². The summed E-state index contributed by atoms with van der Waals surface area (Å²) in [5.41, 5.74) is 2.65. The van der Waals surface area contributed by atoms with E-state index >= 15 is 0 Å². The number of hydrogen-bond acceptors (Lipinski definition) is 2. The summed E-state index contributed by atoms with van der Waals surface area (Å²) in [6, 6.07) is 0. The van der Waals surface area contributed by atoms with Gasteiger partial charge in [-0.3, -0.25) is 0 Å². The largest absolute Gasteiger partial charge is 0.396 e. The SMILES string of the molecule is CC1=C[C@@H]2[C@H]([C@H](CO)[C@@H]1/C(C)=C/CBr)[C@@H](C)CC[C@@H]2O. The molecule has 114 valence electrons. The van der Waals surface area contributed by atoms with Gasteiger partial charge in [0.2, 0.25) is 0 Å². The standard InChI is InChI=1S/C17H27BrO2/c1-10-4-5-15(20)13-8-12(3)16(11(2)6-7-18)14(9-19)17(10)13/h6,8,10,13-17,19-20H,4-5,7,9H2,1-3H3/b11-6+/t10-,13-,14+,15-,16+,17+/m0/s1. The average Bonchev–Trinajstić information content (AvgIpc) is 2.41. The molecule has 2 aliphatic carbocycles. The molecule has 0 aromatic carbocycles. The molecule has 0 radical (unpaired) electrons. The summed E-state index contributed by atoms with van der Waals surface area (Å²) in [4.78, 5) is 0. The minimum absolute atomic E-state index is 0.210. The van der Waals surface area contributed by atoms with E-state index in [1.54, 1.807) is 0 Å². The molecule has 0 unspecified atom stereocenters. The molecule has 2 N–H and O–H groups in total. The van der Waals surface area contributed by atoms with Crippen molar-refractivity contribution in [3.05, 3.63) is 23.3 Å². The minimum atomic E-state index is -0.235. The number of aliphatic hydroxyl groups excluding tert-OH is 2. The molecule has 0 bridgehead atoms. The van der Waals surface area contributed by atoms with Crippen LogP contribution in [-0.2, 0) is 0 Å². The Labute approximate surface area is 131 Å². The van der Waals surface area contributed by atoms with Gasteiger partial charge in [-0.15, -0.1) is 0 Å². The molecule has 2 aliphatic rings. The second-order valence-corrected chi connectivity index (χ2v) is 7.26. The summed E-state index contributed by atoms with van der Waals surface area (Å²) < 4.78 is 0. The first-order valence-electron chi connectivity index (χ1n) is 7.71. The summed E-state index contributed by atoms with van der Waals surface area (Å²) in [5.74, 6) is 1.76. The molecule has 1 fully saturated rings. The van der Waals surface area contributed by atoms with Gasteiger partial charge in [0.1, 0.15) is 0 Å². The Morgan fingerprint density at radius 1 is 1.45 bits per heavy atom. The summed E-state index contributed by atoms with van der Waals surface area (Å²) in [6.45, 7) is 6.81. The van der Waals surface area contributed by atoms with Crippen LogP contribution in [0, 0.1) is 29.6 Å². The van der Waals surface area contributed by atoms with Crippen LogP contribution in [0.4, 0.5) is 0 Å². The number of allylic oxidation sites excluding steroid dienone is 3. The Kier molecular flexibility index (Phi) is 5.49. The second kappa shape index (κ2) is 6.76. The lowest BCUT2D eigenvalue weighted by molar-refractivity contribution is -0.0250. The third-order valence-corrected chi connectivity index (χ3v) is 5.76. The van der Waals surface area contributed by atoms with E-state index in [2.05, 4.69) is 48.9 Å². The lowest BCUT2D eigenvalue weighted by Crippen LogP contribution is -2.46. The predicted octanol–water partition coefficient (Wildman–Crippen LogP) is 3.54. The molecule has 0 aromatic rings. The van der Waals surface area contributed by atoms with E-state index in [1.165, 1.54) is 11.1 Å². The molecule has 0 aromatic heterocycles. The lowest BCUT2D eigenvalue weighted by Gasteiger charge is -2.49. The van der Waals surface area contributed by atoms with Crippen LogP contribution in [0.25, 0.3) is 0 Å². The van der Waals surface area contributed by atoms with Crippen molar-refractivity contribution in [3.8, 4) is 0 Å². The zero-order chi connectivity index (χ0) is 14.9. The number of aliphatic hydroxyl groups is 2. The van der Waals surface area contributed by atoms with Crippen LogP contribution >= 0.6 is 15.9 Å². The maximum atomic E-state index is 10.3. The monoisotopic (exact) mass is 342 g/mol. The van der Waals surface area contributed by atoms with Crippen LogP contribution in [-0.4, -0.2) is 28.3 Å². The van der Waals surface area contributed by atoms with E-state index in [4.69, 9.17) is 0 Å². The Balaban J connectivity index is 2.40. The normalized spacial score (nSPS) is 42.1. The number of alkyl halides is 1. The first kappa shape index (κ1) is 16.3. The van der Waals surface area contributed by atoms with Gasteiger partial charge in [-0.2, -0.15) is 0 Å². The molecule has 0 amide bonds. The van der Waals surface area contributed by atoms with Gasteiger partial charge in [0.25, 0.3) is 0 Å². The van der Waals surface area contributed by atoms with Crippen molar-refractivity contribution in [3.63, 3.8) is 0 Å². The van der Waals surface area contributed by atoms with E-state index in [0.29, 0.717) is 17.8 Å². The van der Waals surface area contributed by atoms with Crippen molar-refractivity contribution < 1.29 is 10.2 Å². The highest BCUT2D eigenvalue weighted by atomic mass is 79.9. The highest BCUT2D eigenvalue weighted by Gasteiger charge is 2.46. The fourth-order valence-corrected chi connectivity index (χ4v) is 5.03. The van der Waals surface area contributed by atoms with Gasteiger partial charge in [-0.05, 0) is 44.4 Å². The minimum Gasteiger partial charge on any atom is -0.396 e. The quantitative estimate of drug-likeness (QED) is 0.608. The number of rotatable bonds is 3. The van der Waals surface area contributed by atoms with Crippen molar-refractivity contribution in [2.24, 2.45) is 29.6 Å². The first-order chi connectivity index (χ1) is 9.51. The zero-order valence-electron chi connectivity index (χ0n) is 12.7. The lowest BCUT2D eigenvalue weighted by atomic mass is 9.57. The second-order valence-electron chi connectivity index (χ2n) is 6.61. The van der Waals surface area contributed by atoms with E-state index in [9.17, 15) is 10.2 Å². The Bertz CT molecular complexity index is 402. The molecular formula is C17H27BrO2. The Morgan fingerprint density at radius 2 is 2.15 bits per heavy atom. The predicted molar refractivity (Wildman–Crippen MR) is 86.8 cm³/mol. The molecule has 0 spiro atoms. The summed E-state index contributed by atoms with van der Waals surface area (Å²) >= 11 is 3.47. The van der Waals surface area contributed by atoms with E-state index in [-0.39, 0.29) is 24.5 Å². The third kappa shape index (κ3) is 2.90. The van der Waals surface area contributed by atoms with Crippen LogP contribution in [0.3, 0.4) is 0 Å². The van der Waals surface area contributed by atoms with E-state index in [0.717, 1.165) is 18.2 Å². The fraction of sp³-hybridized carbons (Fsp3) is 0.765. The maximum absolute atomic E-state index is 10.3. The molecule has 3 heteroatoms. The van der Waals surface area contributed by atoms with Gasteiger partial charge in [0.15, 0.2) is 0 Å². The highest BCUT2D eigenvalue weighted by molar-refractivity contribution is 9.09. The van der Waals surface area contributed by atoms with Crippen LogP contribution in [0.1, 0.15) is 33.6 Å². The number of halogens is 1. The molecule has 0 saturated heterocycles. The molecule has 2 nitrogen and oxygen atoms in total. The van der Waals surface area contributed by atoms with Gasteiger partial charge in [-0.25, -0.2) is 0 Å². The van der Waals surface area contributed by atoms with Crippen molar-refractivity contribution >= 4 is 15.9 Å². The summed E-state index contributed by atoms with van der Waals surface area (Å²) in [7, 11) is 0. The summed E-state index contributed by atoms with van der Waals surface area (Å²) in [6.07, 6.45) is 6.22. The van der Waals surface area contributed by atoms with Gasteiger partial charge in [0.05, 0.1) is 6.10 Å². The van der Waals surface area contributed by atoms with E-state index < -0.39 is 0 Å². The molecule has 6 atom stereocenters. The molecule has 1 saturated carbocycles. The van der Waals surface area contributed by atoms with Gasteiger partial charge in [-0.1, -0.05) is 46.2 Å². The topological polar surface area (TPSA) is 40.5 Å². The van der Waals surface area contributed by atoms with Gasteiger partial charge < -0.3 is 10.2 Å². The highest BCUT2D eigenvalue weighted by Crippen LogP contribution is 2.49. The number of hydrogen-bond donors (Lipinski definition) is 2. The van der Waals surface area contributed by atoms with Crippen molar-refractivity contribution in [1.82, 2.24) is 0 Å². The van der Waals surface area contributed by atoms with Crippen LogP contribution in [0.15, 0.2) is 23.3 Å². The zero-order valence-corrected chi connectivity index (χ0v) is 14.3. The smallest absolute Gasteiger partial charge is 0.0605 e. The first-order valence-corrected chi connectivity index (χ1v) is 8.83. The van der Waals surface area contributed by atoms with Crippen LogP contribution in [0.5, 0.6) is 0 Å². The Hall–Kier alpha value is -0.120. The molecule has 20 heavy (non-hydrogen) atoms.